The van der Waals surface area contributed by atoms with Crippen molar-refractivity contribution in [1.82, 2.24) is 0 Å². The van der Waals surface area contributed by atoms with Gasteiger partial charge in [0, 0.05) is 0 Å². The molecule has 0 radical (unpaired) electrons. The molecule has 2 aliphatic rings. The Morgan fingerprint density at radius 2 is 0.737 bits per heavy atom. The monoisotopic (exact) mass is 546 g/mol. The van der Waals surface area contributed by atoms with Crippen LogP contribution < -0.4 is 0 Å². The van der Waals surface area contributed by atoms with E-state index in [1.165, 1.54) is 72.8 Å². The predicted molar refractivity (Wildman–Crippen MR) is 123 cm³/mol. The van der Waals surface area contributed by atoms with Crippen LogP contribution in [0, 0.1) is 0 Å². The zero-order valence-electron chi connectivity index (χ0n) is 19.0. The summed E-state index contributed by atoms with van der Waals surface area (Å²) in [5.41, 5.74) is -0.858. The summed E-state index contributed by atoms with van der Waals surface area (Å²) in [5, 5.41) is 0. The molecule has 3 aromatic carbocycles. The summed E-state index contributed by atoms with van der Waals surface area (Å²) < 4.78 is 30.6. The summed E-state index contributed by atoms with van der Waals surface area (Å²) in [7, 11) is 0. The maximum Gasteiger partial charge on any atom is 1.20 e. The first-order chi connectivity index (χ1) is 18.3. The molecule has 14 heteroatoms. The van der Waals surface area contributed by atoms with Crippen molar-refractivity contribution in [3.8, 4) is 0 Å². The molecule has 0 aromatic heterocycles. The van der Waals surface area contributed by atoms with E-state index in [0.29, 0.717) is 0 Å². The molecule has 3 aromatic rings. The Labute approximate surface area is 223 Å². The van der Waals surface area contributed by atoms with Crippen LogP contribution >= 0.6 is 0 Å². The van der Waals surface area contributed by atoms with E-state index in [9.17, 15) is 28.8 Å². The molecule has 186 valence electrons. The van der Waals surface area contributed by atoms with Gasteiger partial charge in [-0.2, -0.15) is 0 Å². The lowest BCUT2D eigenvalue weighted by Crippen LogP contribution is -2.34. The minimum absolute atomic E-state index is 0.0490. The third-order valence-corrected chi connectivity index (χ3v) is 7.76. The lowest BCUT2D eigenvalue weighted by atomic mass is 10.1. The molecule has 5 rings (SSSR count). The standard InChI is InChI=1S/3C8H6O4.2Al/c3*9-7(10)5-3-1-2-4-6(5)8(11)12;;/h3*1-4H,(H,9,10)(H,11,12);;/q;;;2*+3/p-6. The second kappa shape index (κ2) is 10.5. The summed E-state index contributed by atoms with van der Waals surface area (Å²) >= 11 is -7.36. The second-order valence-electron chi connectivity index (χ2n) is 7.65. The van der Waals surface area contributed by atoms with Crippen LogP contribution in [0.2, 0.25) is 0 Å². The SMILES string of the molecule is O=C([O][Al]1[O]C(=O)c2ccccc2C(=O)[O]1)c1ccccc1C(=O)[O][Al]1[O]C(=O)c2ccccc2C(=O)[O]1. The van der Waals surface area contributed by atoms with Crippen LogP contribution in [0.25, 0.3) is 0 Å². The van der Waals surface area contributed by atoms with Gasteiger partial charge in [-0.1, -0.05) is 36.4 Å². The summed E-state index contributed by atoms with van der Waals surface area (Å²) in [5.74, 6) is -5.94. The highest BCUT2D eigenvalue weighted by molar-refractivity contribution is 6.48. The number of fused-ring (bicyclic) bond motifs is 2. The Bertz CT molecular complexity index is 1330. The first-order valence-corrected chi connectivity index (χ1v) is 13.7. The Morgan fingerprint density at radius 1 is 0.474 bits per heavy atom. The molecular weight excluding hydrogens is 534 g/mol. The number of carbonyl (C=O) groups excluding carboxylic acids is 6. The highest BCUT2D eigenvalue weighted by atomic mass is 27.3. The van der Waals surface area contributed by atoms with Crippen molar-refractivity contribution in [1.29, 1.82) is 0 Å². The van der Waals surface area contributed by atoms with Gasteiger partial charge < -0.3 is 22.7 Å². The van der Waals surface area contributed by atoms with Crippen LogP contribution in [0.4, 0.5) is 0 Å². The van der Waals surface area contributed by atoms with E-state index < -0.39 is 66.1 Å². The van der Waals surface area contributed by atoms with Gasteiger partial charge in [0.05, 0.1) is 33.4 Å². The quantitative estimate of drug-likeness (QED) is 0.439. The Hall–Kier alpha value is -4.46. The predicted octanol–water partition coefficient (Wildman–Crippen LogP) is 2.02. The molecule has 0 bridgehead atoms. The van der Waals surface area contributed by atoms with Gasteiger partial charge in [0.1, 0.15) is 0 Å². The summed E-state index contributed by atoms with van der Waals surface area (Å²) in [4.78, 5) is 75.3. The van der Waals surface area contributed by atoms with Gasteiger partial charge in [0.25, 0.3) is 0 Å². The minimum atomic E-state index is -3.68. The van der Waals surface area contributed by atoms with E-state index in [-0.39, 0.29) is 33.4 Å². The Kier molecular flexibility index (Phi) is 6.96. The van der Waals surface area contributed by atoms with Crippen molar-refractivity contribution in [2.45, 2.75) is 0 Å². The fourth-order valence-corrected chi connectivity index (χ4v) is 5.67. The molecule has 0 atom stereocenters. The molecule has 0 fully saturated rings. The molecule has 0 saturated heterocycles. The van der Waals surface area contributed by atoms with Crippen molar-refractivity contribution in [2.24, 2.45) is 0 Å². The van der Waals surface area contributed by atoms with Gasteiger partial charge in [-0.3, -0.25) is 0 Å². The number of rotatable bonds is 4. The topological polar surface area (TPSA) is 158 Å². The zero-order valence-corrected chi connectivity index (χ0v) is 21.3. The Morgan fingerprint density at radius 3 is 1.03 bits per heavy atom. The largest absolute Gasteiger partial charge is 1.20 e. The molecule has 38 heavy (non-hydrogen) atoms. The fourth-order valence-electron chi connectivity index (χ4n) is 3.57. The average molecular weight is 546 g/mol. The highest BCUT2D eigenvalue weighted by Gasteiger charge is 2.54. The molecule has 2 heterocycles. The van der Waals surface area contributed by atoms with E-state index >= 15 is 0 Å². The number of hydrogen-bond acceptors (Lipinski definition) is 12. The third-order valence-electron chi connectivity index (χ3n) is 5.32. The van der Waals surface area contributed by atoms with Crippen LogP contribution in [0.5, 0.6) is 0 Å². The molecule has 0 aliphatic carbocycles. The number of carbonyl (C=O) groups is 6. The summed E-state index contributed by atoms with van der Waals surface area (Å²) in [6.45, 7) is 0. The summed E-state index contributed by atoms with van der Waals surface area (Å²) in [6, 6.07) is 16.8. The van der Waals surface area contributed by atoms with E-state index in [1.807, 2.05) is 0 Å². The first-order valence-electron chi connectivity index (χ1n) is 10.8. The van der Waals surface area contributed by atoms with Gasteiger partial charge in [-0.15, -0.1) is 0 Å². The van der Waals surface area contributed by atoms with Gasteiger partial charge in [0.2, 0.25) is 0 Å². The molecule has 12 nitrogen and oxygen atoms in total. The fraction of sp³-hybridized carbons (Fsp3) is 0. The number of benzene rings is 3. The maximum atomic E-state index is 12.9. The third kappa shape index (κ3) is 5.02. The van der Waals surface area contributed by atoms with Crippen LogP contribution in [0.15, 0.2) is 72.8 Å². The highest BCUT2D eigenvalue weighted by Crippen LogP contribution is 2.21. The lowest BCUT2D eigenvalue weighted by molar-refractivity contribution is 0.0389. The number of hydrogen-bond donors (Lipinski definition) is 0. The molecule has 2 aliphatic heterocycles. The molecule has 0 amide bonds. The van der Waals surface area contributed by atoms with Crippen molar-refractivity contribution in [3.63, 3.8) is 0 Å². The zero-order chi connectivity index (χ0) is 26.8. The van der Waals surface area contributed by atoms with E-state index in [2.05, 4.69) is 0 Å². The molecule has 0 saturated carbocycles. The van der Waals surface area contributed by atoms with E-state index in [4.69, 9.17) is 22.7 Å². The van der Waals surface area contributed by atoms with Crippen LogP contribution in [-0.2, 0) is 22.7 Å². The van der Waals surface area contributed by atoms with E-state index in [0.717, 1.165) is 0 Å². The summed E-state index contributed by atoms with van der Waals surface area (Å²) in [6.07, 6.45) is 0. The second-order valence-corrected chi connectivity index (χ2v) is 10.2. The van der Waals surface area contributed by atoms with Crippen LogP contribution in [0.3, 0.4) is 0 Å². The lowest BCUT2D eigenvalue weighted by Gasteiger charge is -2.13. The molecule has 0 spiro atoms. The van der Waals surface area contributed by atoms with Gasteiger partial charge >= 0.3 is 66.1 Å². The molecule has 0 N–H and O–H groups in total. The smallest absolute Gasteiger partial charge is 0.547 e. The maximum absolute atomic E-state index is 12.9. The average Bonchev–Trinajstić information content (AvgIpc) is 3.11. The van der Waals surface area contributed by atoms with Crippen LogP contribution in [-0.4, -0.2) is 66.1 Å². The van der Waals surface area contributed by atoms with Crippen molar-refractivity contribution in [3.05, 3.63) is 106 Å². The van der Waals surface area contributed by atoms with Gasteiger partial charge in [-0.05, 0) is 36.4 Å². The molecular formula is C24H12Al2O12. The van der Waals surface area contributed by atoms with Crippen molar-refractivity contribution in [2.75, 3.05) is 0 Å². The normalized spacial score (nSPS) is 14.4. The van der Waals surface area contributed by atoms with Gasteiger partial charge in [0.15, 0.2) is 0 Å². The van der Waals surface area contributed by atoms with Crippen molar-refractivity contribution < 1.29 is 51.5 Å². The van der Waals surface area contributed by atoms with E-state index in [1.54, 1.807) is 0 Å². The molecule has 0 unspecified atom stereocenters. The van der Waals surface area contributed by atoms with Gasteiger partial charge in [-0.25, -0.2) is 28.8 Å². The van der Waals surface area contributed by atoms with Crippen molar-refractivity contribution >= 4 is 66.1 Å². The first kappa shape index (κ1) is 25.2. The minimum Gasteiger partial charge on any atom is -0.547 e. The van der Waals surface area contributed by atoms with Crippen LogP contribution in [0.1, 0.15) is 62.1 Å². The Balaban J connectivity index is 1.31.